The van der Waals surface area contributed by atoms with Crippen molar-refractivity contribution in [3.63, 3.8) is 0 Å². The molecular formula is C13H27N3. The molecule has 0 aromatic carbocycles. The first-order valence-corrected chi connectivity index (χ1v) is 7.10. The largest absolute Gasteiger partial charge is 0.314 e. The van der Waals surface area contributed by atoms with Crippen LogP contribution < -0.4 is 5.32 Å². The minimum absolute atomic E-state index is 1.17. The molecule has 0 amide bonds. The van der Waals surface area contributed by atoms with Crippen LogP contribution in [-0.4, -0.2) is 62.2 Å². The van der Waals surface area contributed by atoms with Gasteiger partial charge in [-0.15, -0.1) is 0 Å². The molecule has 16 heavy (non-hydrogen) atoms. The summed E-state index contributed by atoms with van der Waals surface area (Å²) in [4.78, 5) is 5.18. The number of nitrogens with zero attached hydrogens (tertiary/aromatic N) is 2. The maximum Gasteiger partial charge on any atom is 0.0107 e. The monoisotopic (exact) mass is 225 g/mol. The van der Waals surface area contributed by atoms with Gasteiger partial charge in [0.05, 0.1) is 0 Å². The predicted octanol–water partition coefficient (Wildman–Crippen LogP) is 1.16. The molecule has 0 aromatic rings. The average molecular weight is 225 g/mol. The van der Waals surface area contributed by atoms with Crippen molar-refractivity contribution in [3.8, 4) is 0 Å². The first-order valence-electron chi connectivity index (χ1n) is 7.10. The van der Waals surface area contributed by atoms with Crippen LogP contribution in [0.1, 0.15) is 32.1 Å². The molecule has 0 unspecified atom stereocenters. The normalized spacial score (nSPS) is 24.0. The van der Waals surface area contributed by atoms with Crippen LogP contribution in [0.4, 0.5) is 0 Å². The second-order valence-corrected chi connectivity index (χ2v) is 5.20. The minimum Gasteiger partial charge on any atom is -0.314 e. The van der Waals surface area contributed by atoms with Gasteiger partial charge in [0.2, 0.25) is 0 Å². The van der Waals surface area contributed by atoms with Gasteiger partial charge in [-0.3, -0.25) is 0 Å². The molecule has 0 radical (unpaired) electrons. The molecule has 3 heteroatoms. The molecule has 0 atom stereocenters. The fraction of sp³-hybridized carbons (Fsp3) is 1.00. The second kappa shape index (κ2) is 7.25. The molecule has 0 saturated carbocycles. The summed E-state index contributed by atoms with van der Waals surface area (Å²) in [5.74, 6) is 0. The van der Waals surface area contributed by atoms with Gasteiger partial charge in [0.1, 0.15) is 0 Å². The molecule has 3 nitrogen and oxygen atoms in total. The molecule has 2 aliphatic heterocycles. The summed E-state index contributed by atoms with van der Waals surface area (Å²) in [6.07, 6.45) is 7.09. The summed E-state index contributed by atoms with van der Waals surface area (Å²) in [5.41, 5.74) is 0. The zero-order chi connectivity index (χ0) is 11.1. The van der Waals surface area contributed by atoms with Gasteiger partial charge in [-0.05, 0) is 51.9 Å². The highest BCUT2D eigenvalue weighted by Gasteiger charge is 2.11. The summed E-state index contributed by atoms with van der Waals surface area (Å²) in [5, 5.41) is 3.58. The van der Waals surface area contributed by atoms with Gasteiger partial charge in [0, 0.05) is 26.2 Å². The second-order valence-electron chi connectivity index (χ2n) is 5.20. The Kier molecular flexibility index (Phi) is 5.59. The van der Waals surface area contributed by atoms with Gasteiger partial charge in [-0.2, -0.15) is 0 Å². The Hall–Kier alpha value is -0.120. The third kappa shape index (κ3) is 4.40. The number of likely N-dealkylation sites (tertiary alicyclic amines) is 2. The van der Waals surface area contributed by atoms with Gasteiger partial charge in [-0.1, -0.05) is 6.42 Å². The molecule has 0 bridgehead atoms. The van der Waals surface area contributed by atoms with Crippen LogP contribution in [0.5, 0.6) is 0 Å². The highest BCUT2D eigenvalue weighted by atomic mass is 15.2. The van der Waals surface area contributed by atoms with E-state index in [0.29, 0.717) is 0 Å². The van der Waals surface area contributed by atoms with E-state index in [4.69, 9.17) is 0 Å². The molecule has 1 N–H and O–H groups in total. The van der Waals surface area contributed by atoms with Crippen LogP contribution in [0.3, 0.4) is 0 Å². The molecule has 2 heterocycles. The van der Waals surface area contributed by atoms with Gasteiger partial charge < -0.3 is 15.1 Å². The maximum atomic E-state index is 3.58. The molecule has 94 valence electrons. The van der Waals surface area contributed by atoms with Crippen LogP contribution in [0.2, 0.25) is 0 Å². The molecule has 0 aromatic heterocycles. The fourth-order valence-corrected chi connectivity index (χ4v) is 2.79. The molecule has 2 saturated heterocycles. The molecule has 0 aliphatic carbocycles. The van der Waals surface area contributed by atoms with Crippen molar-refractivity contribution >= 4 is 0 Å². The predicted molar refractivity (Wildman–Crippen MR) is 68.8 cm³/mol. The van der Waals surface area contributed by atoms with E-state index < -0.39 is 0 Å². The minimum atomic E-state index is 1.17. The number of hydrogen-bond donors (Lipinski definition) is 1. The van der Waals surface area contributed by atoms with Crippen LogP contribution >= 0.6 is 0 Å². The van der Waals surface area contributed by atoms with E-state index in [2.05, 4.69) is 15.1 Å². The van der Waals surface area contributed by atoms with E-state index in [9.17, 15) is 0 Å². The molecule has 2 rings (SSSR count). The zero-order valence-electron chi connectivity index (χ0n) is 10.6. The van der Waals surface area contributed by atoms with Crippen molar-refractivity contribution in [2.75, 3.05) is 52.4 Å². The third-order valence-corrected chi connectivity index (χ3v) is 3.86. The summed E-state index contributed by atoms with van der Waals surface area (Å²) >= 11 is 0. The lowest BCUT2D eigenvalue weighted by Gasteiger charge is -2.26. The van der Waals surface area contributed by atoms with E-state index in [0.717, 1.165) is 0 Å². The lowest BCUT2D eigenvalue weighted by molar-refractivity contribution is 0.227. The topological polar surface area (TPSA) is 18.5 Å². The average Bonchev–Trinajstić information content (AvgIpc) is 2.83. The smallest absolute Gasteiger partial charge is 0.0107 e. The Morgan fingerprint density at radius 3 is 1.56 bits per heavy atom. The number of hydrogen-bond acceptors (Lipinski definition) is 3. The fourth-order valence-electron chi connectivity index (χ4n) is 2.79. The van der Waals surface area contributed by atoms with Gasteiger partial charge in [0.25, 0.3) is 0 Å². The first kappa shape index (κ1) is 12.3. The summed E-state index contributed by atoms with van der Waals surface area (Å²) in [7, 11) is 0. The Balaban J connectivity index is 1.42. The SMILES string of the molecule is C1CCN(CCNCCN2CCCC2)CC1. The van der Waals surface area contributed by atoms with Crippen molar-refractivity contribution in [3.05, 3.63) is 0 Å². The third-order valence-electron chi connectivity index (χ3n) is 3.86. The van der Waals surface area contributed by atoms with Gasteiger partial charge >= 0.3 is 0 Å². The van der Waals surface area contributed by atoms with E-state index in [-0.39, 0.29) is 0 Å². The van der Waals surface area contributed by atoms with Gasteiger partial charge in [-0.25, -0.2) is 0 Å². The van der Waals surface area contributed by atoms with Crippen LogP contribution in [0, 0.1) is 0 Å². The van der Waals surface area contributed by atoms with Crippen LogP contribution in [0.15, 0.2) is 0 Å². The standard InChI is InChI=1S/C13H27N3/c1-2-8-15(9-3-1)12-6-14-7-13-16-10-4-5-11-16/h14H,1-13H2. The van der Waals surface area contributed by atoms with Crippen LogP contribution in [-0.2, 0) is 0 Å². The number of piperidine rings is 1. The van der Waals surface area contributed by atoms with Crippen molar-refractivity contribution < 1.29 is 0 Å². The lowest BCUT2D eigenvalue weighted by Crippen LogP contribution is -2.38. The Bertz CT molecular complexity index is 172. The Labute approximate surface area is 100 Å². The van der Waals surface area contributed by atoms with Crippen LogP contribution in [0.25, 0.3) is 0 Å². The van der Waals surface area contributed by atoms with Crippen molar-refractivity contribution in [2.45, 2.75) is 32.1 Å². The summed E-state index contributed by atoms with van der Waals surface area (Å²) in [6.45, 7) is 10.2. The number of rotatable bonds is 6. The van der Waals surface area contributed by atoms with E-state index in [1.165, 1.54) is 84.5 Å². The zero-order valence-corrected chi connectivity index (χ0v) is 10.6. The lowest BCUT2D eigenvalue weighted by atomic mass is 10.1. The van der Waals surface area contributed by atoms with E-state index >= 15 is 0 Å². The molecular weight excluding hydrogens is 198 g/mol. The molecule has 0 spiro atoms. The van der Waals surface area contributed by atoms with Crippen molar-refractivity contribution in [1.29, 1.82) is 0 Å². The van der Waals surface area contributed by atoms with Gasteiger partial charge in [0.15, 0.2) is 0 Å². The highest BCUT2D eigenvalue weighted by molar-refractivity contribution is 4.68. The van der Waals surface area contributed by atoms with Crippen molar-refractivity contribution in [1.82, 2.24) is 15.1 Å². The highest BCUT2D eigenvalue weighted by Crippen LogP contribution is 2.07. The summed E-state index contributed by atoms with van der Waals surface area (Å²) < 4.78 is 0. The molecule has 2 aliphatic rings. The quantitative estimate of drug-likeness (QED) is 0.684. The Morgan fingerprint density at radius 2 is 1.06 bits per heavy atom. The molecule has 2 fully saturated rings. The summed E-state index contributed by atoms with van der Waals surface area (Å²) in [6, 6.07) is 0. The van der Waals surface area contributed by atoms with Crippen molar-refractivity contribution in [2.24, 2.45) is 0 Å². The maximum absolute atomic E-state index is 3.58. The Morgan fingerprint density at radius 1 is 0.625 bits per heavy atom. The van der Waals surface area contributed by atoms with E-state index in [1.54, 1.807) is 0 Å². The van der Waals surface area contributed by atoms with E-state index in [1.807, 2.05) is 0 Å². The first-order chi connectivity index (χ1) is 7.95. The number of nitrogens with one attached hydrogen (secondary N) is 1.